The molecule has 18 heavy (non-hydrogen) atoms. The number of nitro benzene ring substituents is 1. The first kappa shape index (κ1) is 10.5. The number of hydrogen-bond donors (Lipinski definition) is 1. The zero-order chi connectivity index (χ0) is 12.7. The second-order valence-electron chi connectivity index (χ2n) is 3.95. The van der Waals surface area contributed by atoms with E-state index in [4.69, 9.17) is 0 Å². The molecule has 3 aromatic rings. The Morgan fingerprint density at radius 2 is 2.06 bits per heavy atom. The summed E-state index contributed by atoms with van der Waals surface area (Å²) in [5.74, 6) is 0.538. The van der Waals surface area contributed by atoms with E-state index >= 15 is 0 Å². The molecule has 1 N–H and O–H groups in total. The van der Waals surface area contributed by atoms with Crippen molar-refractivity contribution in [1.82, 2.24) is 19.8 Å². The first-order chi connectivity index (χ1) is 8.63. The summed E-state index contributed by atoms with van der Waals surface area (Å²) >= 11 is 0. The van der Waals surface area contributed by atoms with Crippen molar-refractivity contribution in [2.75, 3.05) is 0 Å². The van der Waals surface area contributed by atoms with E-state index < -0.39 is 4.92 Å². The summed E-state index contributed by atoms with van der Waals surface area (Å²) in [6.07, 6.45) is 0. The van der Waals surface area contributed by atoms with Crippen molar-refractivity contribution in [2.45, 2.75) is 6.92 Å². The molecule has 2 heterocycles. The maximum Gasteiger partial charge on any atom is 0.269 e. The van der Waals surface area contributed by atoms with Crippen molar-refractivity contribution in [1.29, 1.82) is 0 Å². The fourth-order valence-electron chi connectivity index (χ4n) is 1.75. The van der Waals surface area contributed by atoms with Crippen molar-refractivity contribution >= 4 is 11.3 Å². The molecular formula is C11H9N5O2. The number of nitrogens with zero attached hydrogens (tertiary/aromatic N) is 4. The van der Waals surface area contributed by atoms with Gasteiger partial charge in [0.05, 0.1) is 4.92 Å². The minimum absolute atomic E-state index is 0.0550. The number of fused-ring (bicyclic) bond motifs is 1. The summed E-state index contributed by atoms with van der Waals surface area (Å²) in [6.45, 7) is 1.92. The lowest BCUT2D eigenvalue weighted by Gasteiger charge is -1.94. The van der Waals surface area contributed by atoms with Gasteiger partial charge in [-0.15, -0.1) is 5.10 Å². The molecule has 7 nitrogen and oxygen atoms in total. The van der Waals surface area contributed by atoms with Crippen LogP contribution in [0.4, 0.5) is 5.69 Å². The van der Waals surface area contributed by atoms with Gasteiger partial charge in [-0.2, -0.15) is 4.63 Å². The normalized spacial score (nSPS) is 10.9. The van der Waals surface area contributed by atoms with Crippen molar-refractivity contribution < 1.29 is 4.92 Å². The zero-order valence-corrected chi connectivity index (χ0v) is 9.49. The molecule has 7 heteroatoms. The molecule has 0 radical (unpaired) electrons. The molecule has 0 amide bonds. The molecule has 0 saturated heterocycles. The molecule has 0 aliphatic rings. The SMILES string of the molecule is Cc1cc2nc(-c3ccc([N+](=O)[O-])cc3)nn2[nH]1. The molecule has 0 atom stereocenters. The number of benzene rings is 1. The first-order valence-corrected chi connectivity index (χ1v) is 5.31. The Morgan fingerprint density at radius 3 is 2.67 bits per heavy atom. The molecule has 0 saturated carbocycles. The van der Waals surface area contributed by atoms with Crippen LogP contribution in [0.2, 0.25) is 0 Å². The molecule has 0 fully saturated rings. The second kappa shape index (κ2) is 3.66. The number of nitrogens with one attached hydrogen (secondary N) is 1. The summed E-state index contributed by atoms with van der Waals surface area (Å²) in [6, 6.07) is 8.04. The van der Waals surface area contributed by atoms with Gasteiger partial charge < -0.3 is 0 Å². The Kier molecular flexibility index (Phi) is 2.12. The van der Waals surface area contributed by atoms with E-state index in [1.807, 2.05) is 13.0 Å². The van der Waals surface area contributed by atoms with Crippen LogP contribution in [-0.2, 0) is 0 Å². The van der Waals surface area contributed by atoms with Gasteiger partial charge in [-0.05, 0) is 19.1 Å². The standard InChI is InChI=1S/C11H9N5O2/c1-7-6-10-12-11(14-15(10)13-7)8-2-4-9(5-3-8)16(17)18/h2-6,13H,1H3. The van der Waals surface area contributed by atoms with Crippen LogP contribution in [0, 0.1) is 17.0 Å². The van der Waals surface area contributed by atoms with Crippen LogP contribution in [0.25, 0.3) is 17.0 Å². The summed E-state index contributed by atoms with van der Waals surface area (Å²) in [7, 11) is 0. The molecule has 0 aliphatic heterocycles. The average Bonchev–Trinajstić information content (AvgIpc) is 2.86. The van der Waals surface area contributed by atoms with Gasteiger partial charge in [0.1, 0.15) is 0 Å². The molecule has 90 valence electrons. The van der Waals surface area contributed by atoms with E-state index in [-0.39, 0.29) is 5.69 Å². The minimum Gasteiger partial charge on any atom is -0.281 e. The first-order valence-electron chi connectivity index (χ1n) is 5.31. The quantitative estimate of drug-likeness (QED) is 0.550. The maximum atomic E-state index is 10.6. The number of hydrogen-bond acceptors (Lipinski definition) is 4. The highest BCUT2D eigenvalue weighted by molar-refractivity contribution is 5.59. The molecule has 0 bridgehead atoms. The van der Waals surface area contributed by atoms with Crippen LogP contribution in [0.15, 0.2) is 30.3 Å². The minimum atomic E-state index is -0.433. The van der Waals surface area contributed by atoms with Gasteiger partial charge in [0.25, 0.3) is 5.69 Å². The average molecular weight is 243 g/mol. The van der Waals surface area contributed by atoms with Gasteiger partial charge >= 0.3 is 0 Å². The molecule has 0 aliphatic carbocycles. The molecular weight excluding hydrogens is 234 g/mol. The van der Waals surface area contributed by atoms with Gasteiger partial charge in [0, 0.05) is 29.5 Å². The fraction of sp³-hybridized carbons (Fsp3) is 0.0909. The summed E-state index contributed by atoms with van der Waals surface area (Å²) < 4.78 is 1.58. The van der Waals surface area contributed by atoms with E-state index in [2.05, 4.69) is 15.2 Å². The monoisotopic (exact) mass is 243 g/mol. The molecule has 0 spiro atoms. The van der Waals surface area contributed by atoms with Crippen LogP contribution >= 0.6 is 0 Å². The van der Waals surface area contributed by atoms with Crippen molar-refractivity contribution in [3.8, 4) is 11.4 Å². The van der Waals surface area contributed by atoms with E-state index in [0.717, 1.165) is 16.9 Å². The molecule has 2 aromatic heterocycles. The zero-order valence-electron chi connectivity index (χ0n) is 9.49. The van der Waals surface area contributed by atoms with E-state index in [1.165, 1.54) is 12.1 Å². The number of aromatic amines is 1. The Bertz CT molecular complexity index is 694. The number of non-ortho nitro benzene ring substituents is 1. The Morgan fingerprint density at radius 1 is 1.33 bits per heavy atom. The van der Waals surface area contributed by atoms with E-state index in [1.54, 1.807) is 16.8 Å². The van der Waals surface area contributed by atoms with Gasteiger partial charge in [-0.1, -0.05) is 0 Å². The number of nitro groups is 1. The van der Waals surface area contributed by atoms with Crippen molar-refractivity contribution in [3.05, 3.63) is 46.1 Å². The predicted molar refractivity (Wildman–Crippen MR) is 64.2 cm³/mol. The lowest BCUT2D eigenvalue weighted by molar-refractivity contribution is -0.384. The van der Waals surface area contributed by atoms with Crippen LogP contribution < -0.4 is 0 Å². The highest BCUT2D eigenvalue weighted by Gasteiger charge is 2.10. The highest BCUT2D eigenvalue weighted by atomic mass is 16.6. The van der Waals surface area contributed by atoms with Gasteiger partial charge in [0.15, 0.2) is 11.5 Å². The van der Waals surface area contributed by atoms with Crippen LogP contribution in [0.5, 0.6) is 0 Å². The number of aromatic nitrogens is 4. The maximum absolute atomic E-state index is 10.6. The van der Waals surface area contributed by atoms with Gasteiger partial charge in [-0.25, -0.2) is 4.98 Å². The Labute approximate surface area is 101 Å². The largest absolute Gasteiger partial charge is 0.281 e. The predicted octanol–water partition coefficient (Wildman–Crippen LogP) is 1.94. The molecule has 1 aromatic carbocycles. The van der Waals surface area contributed by atoms with Crippen LogP contribution in [0.3, 0.4) is 0 Å². The second-order valence-corrected chi connectivity index (χ2v) is 3.95. The van der Waals surface area contributed by atoms with Crippen molar-refractivity contribution in [2.24, 2.45) is 0 Å². The Balaban J connectivity index is 2.02. The lowest BCUT2D eigenvalue weighted by atomic mass is 10.2. The molecule has 3 rings (SSSR count). The van der Waals surface area contributed by atoms with Crippen molar-refractivity contribution in [3.63, 3.8) is 0 Å². The highest BCUT2D eigenvalue weighted by Crippen LogP contribution is 2.20. The van der Waals surface area contributed by atoms with E-state index in [0.29, 0.717) is 5.82 Å². The van der Waals surface area contributed by atoms with Gasteiger partial charge in [0.2, 0.25) is 0 Å². The third kappa shape index (κ3) is 1.61. The summed E-state index contributed by atoms with van der Waals surface area (Å²) in [4.78, 5) is 14.4. The third-order valence-electron chi connectivity index (χ3n) is 2.60. The number of H-pyrrole nitrogens is 1. The summed E-state index contributed by atoms with van der Waals surface area (Å²) in [5.41, 5.74) is 2.50. The number of rotatable bonds is 2. The fourth-order valence-corrected chi connectivity index (χ4v) is 1.75. The van der Waals surface area contributed by atoms with Gasteiger partial charge in [-0.3, -0.25) is 15.2 Å². The Hall–Kier alpha value is -2.70. The summed E-state index contributed by atoms with van der Waals surface area (Å²) in [5, 5.41) is 17.8. The molecule has 0 unspecified atom stereocenters. The van der Waals surface area contributed by atoms with Crippen LogP contribution in [0.1, 0.15) is 5.69 Å². The van der Waals surface area contributed by atoms with Crippen LogP contribution in [-0.4, -0.2) is 24.7 Å². The third-order valence-corrected chi connectivity index (χ3v) is 2.60. The number of aryl methyl sites for hydroxylation is 1. The van der Waals surface area contributed by atoms with E-state index in [9.17, 15) is 10.1 Å². The lowest BCUT2D eigenvalue weighted by Crippen LogP contribution is -1.89. The topological polar surface area (TPSA) is 89.1 Å². The smallest absolute Gasteiger partial charge is 0.269 e.